The minimum Gasteiger partial charge on any atom is -0.486 e. The summed E-state index contributed by atoms with van der Waals surface area (Å²) in [5.41, 5.74) is 3.88. The lowest BCUT2D eigenvalue weighted by molar-refractivity contribution is -0.158. The molecule has 2 heterocycles. The zero-order valence-electron chi connectivity index (χ0n) is 21.9. The molecule has 9 nitrogen and oxygen atoms in total. The second-order valence-corrected chi connectivity index (χ2v) is 11.6. The fourth-order valence-electron chi connectivity index (χ4n) is 4.72. The number of carbonyl (C=O) groups is 2. The average molecular weight is 531 g/mol. The van der Waals surface area contributed by atoms with Gasteiger partial charge in [0.05, 0.1) is 10.8 Å². The molecule has 2 aliphatic heterocycles. The molecule has 0 spiro atoms. The summed E-state index contributed by atoms with van der Waals surface area (Å²) in [6.07, 6.45) is -0.349. The summed E-state index contributed by atoms with van der Waals surface area (Å²) in [6.45, 7) is 10.3. The van der Waals surface area contributed by atoms with Crippen LogP contribution in [0.5, 0.6) is 11.5 Å². The van der Waals surface area contributed by atoms with E-state index in [-0.39, 0.29) is 13.1 Å². The van der Waals surface area contributed by atoms with Crippen molar-refractivity contribution in [3.05, 3.63) is 46.5 Å². The van der Waals surface area contributed by atoms with E-state index in [1.54, 1.807) is 18.2 Å². The van der Waals surface area contributed by atoms with E-state index in [0.717, 1.165) is 22.3 Å². The number of sulfonamides is 1. The molecule has 0 bridgehead atoms. The van der Waals surface area contributed by atoms with E-state index >= 15 is 0 Å². The Bertz CT molecular complexity index is 1290. The molecule has 37 heavy (non-hydrogen) atoms. The minimum absolute atomic E-state index is 0.214. The molecule has 1 fully saturated rings. The van der Waals surface area contributed by atoms with E-state index in [4.69, 9.17) is 14.2 Å². The van der Waals surface area contributed by atoms with Crippen molar-refractivity contribution in [1.29, 1.82) is 0 Å². The fraction of sp³-hybridized carbons (Fsp3) is 0.481. The predicted octanol–water partition coefficient (Wildman–Crippen LogP) is 3.66. The molecule has 2 aromatic carbocycles. The molecule has 1 atom stereocenters. The van der Waals surface area contributed by atoms with Crippen molar-refractivity contribution in [3.8, 4) is 11.5 Å². The summed E-state index contributed by atoms with van der Waals surface area (Å²) in [5.74, 6) is -0.287. The third-order valence-electron chi connectivity index (χ3n) is 7.15. The Morgan fingerprint density at radius 3 is 2.19 bits per heavy atom. The van der Waals surface area contributed by atoms with Gasteiger partial charge in [-0.1, -0.05) is 6.07 Å². The lowest BCUT2D eigenvalue weighted by Crippen LogP contribution is -2.42. The maximum atomic E-state index is 13.5. The number of rotatable bonds is 6. The molecule has 10 heteroatoms. The van der Waals surface area contributed by atoms with Crippen LogP contribution in [-0.2, 0) is 24.3 Å². The van der Waals surface area contributed by atoms with Crippen LogP contribution in [-0.4, -0.2) is 57.0 Å². The summed E-state index contributed by atoms with van der Waals surface area (Å²) in [5, 5.41) is 2.73. The zero-order chi connectivity index (χ0) is 26.9. The number of anilines is 1. The Morgan fingerprint density at radius 1 is 0.973 bits per heavy atom. The van der Waals surface area contributed by atoms with Gasteiger partial charge in [0.2, 0.25) is 10.0 Å². The Morgan fingerprint density at radius 2 is 1.57 bits per heavy atom. The number of hydrogen-bond acceptors (Lipinski definition) is 7. The summed E-state index contributed by atoms with van der Waals surface area (Å²) in [7, 11) is -3.70. The summed E-state index contributed by atoms with van der Waals surface area (Å²) < 4.78 is 44.8. The number of fused-ring (bicyclic) bond motifs is 1. The third kappa shape index (κ3) is 5.60. The molecular weight excluding hydrogens is 496 g/mol. The maximum absolute atomic E-state index is 13.5. The highest BCUT2D eigenvalue weighted by Gasteiger charge is 2.35. The number of piperidine rings is 1. The normalized spacial score (nSPS) is 17.2. The number of hydrogen-bond donors (Lipinski definition) is 1. The number of aryl methyl sites for hydroxylation is 2. The number of benzene rings is 2. The number of carbonyl (C=O) groups excluding carboxylic acids is 2. The second-order valence-electron chi connectivity index (χ2n) is 9.69. The molecule has 200 valence electrons. The first-order chi connectivity index (χ1) is 17.5. The number of nitrogens with zero attached hydrogens (tertiary/aromatic N) is 1. The van der Waals surface area contributed by atoms with Crippen molar-refractivity contribution >= 4 is 27.6 Å². The lowest BCUT2D eigenvalue weighted by atomic mass is 9.98. The SMILES string of the molecule is Cc1cc(C)c(C)c(S(=O)(=O)N2CCC(C(=O)O[C@@H](C)C(=O)Nc3ccc4c(c3)OCCO4)CC2)c1C. The minimum atomic E-state index is -3.70. The van der Waals surface area contributed by atoms with E-state index < -0.39 is 33.9 Å². The lowest BCUT2D eigenvalue weighted by Gasteiger charge is -2.31. The molecular formula is C27H34N2O7S. The van der Waals surface area contributed by atoms with Gasteiger partial charge in [-0.2, -0.15) is 4.31 Å². The van der Waals surface area contributed by atoms with E-state index in [1.165, 1.54) is 11.2 Å². The highest BCUT2D eigenvalue weighted by molar-refractivity contribution is 7.89. The Kier molecular flexibility index (Phi) is 7.80. The number of amides is 1. The van der Waals surface area contributed by atoms with E-state index in [2.05, 4.69) is 5.32 Å². The van der Waals surface area contributed by atoms with Gasteiger partial charge in [-0.25, -0.2) is 8.42 Å². The molecule has 0 saturated carbocycles. The van der Waals surface area contributed by atoms with Crippen LogP contribution in [0.4, 0.5) is 5.69 Å². The average Bonchev–Trinajstić information content (AvgIpc) is 2.87. The highest BCUT2D eigenvalue weighted by atomic mass is 32.2. The van der Waals surface area contributed by atoms with Gasteiger partial charge in [0.25, 0.3) is 5.91 Å². The quantitative estimate of drug-likeness (QED) is 0.568. The maximum Gasteiger partial charge on any atom is 0.309 e. The first-order valence-electron chi connectivity index (χ1n) is 12.5. The Balaban J connectivity index is 1.34. The smallest absolute Gasteiger partial charge is 0.309 e. The zero-order valence-corrected chi connectivity index (χ0v) is 22.7. The fourth-order valence-corrected chi connectivity index (χ4v) is 6.76. The highest BCUT2D eigenvalue weighted by Crippen LogP contribution is 2.33. The van der Waals surface area contributed by atoms with E-state index in [0.29, 0.717) is 48.1 Å². The van der Waals surface area contributed by atoms with Crippen LogP contribution in [0.2, 0.25) is 0 Å². The van der Waals surface area contributed by atoms with Gasteiger partial charge in [-0.3, -0.25) is 9.59 Å². The van der Waals surface area contributed by atoms with Crippen LogP contribution in [0, 0.1) is 33.6 Å². The molecule has 0 aliphatic carbocycles. The van der Waals surface area contributed by atoms with Crippen LogP contribution in [0.3, 0.4) is 0 Å². The van der Waals surface area contributed by atoms with Gasteiger partial charge in [-0.15, -0.1) is 0 Å². The van der Waals surface area contributed by atoms with Crippen LogP contribution in [0.25, 0.3) is 0 Å². The number of ether oxygens (including phenoxy) is 3. The van der Waals surface area contributed by atoms with Crippen molar-refractivity contribution in [2.75, 3.05) is 31.6 Å². The first kappa shape index (κ1) is 26.9. The van der Waals surface area contributed by atoms with Crippen LogP contribution >= 0.6 is 0 Å². The summed E-state index contributed by atoms with van der Waals surface area (Å²) >= 11 is 0. The van der Waals surface area contributed by atoms with E-state index in [1.807, 2.05) is 33.8 Å². The van der Waals surface area contributed by atoms with Crippen molar-refractivity contribution in [1.82, 2.24) is 4.31 Å². The van der Waals surface area contributed by atoms with Crippen LogP contribution in [0.15, 0.2) is 29.2 Å². The molecule has 0 radical (unpaired) electrons. The van der Waals surface area contributed by atoms with Crippen molar-refractivity contribution in [2.45, 2.75) is 58.5 Å². The third-order valence-corrected chi connectivity index (χ3v) is 9.33. The van der Waals surface area contributed by atoms with Crippen molar-refractivity contribution in [2.24, 2.45) is 5.92 Å². The molecule has 1 N–H and O–H groups in total. The predicted molar refractivity (Wildman–Crippen MR) is 138 cm³/mol. The van der Waals surface area contributed by atoms with Crippen LogP contribution < -0.4 is 14.8 Å². The summed E-state index contributed by atoms with van der Waals surface area (Å²) in [4.78, 5) is 25.7. The monoisotopic (exact) mass is 530 g/mol. The standard InChI is InChI=1S/C27H34N2O7S/c1-16-14-17(2)19(4)25(18(16)3)37(32,33)29-10-8-21(9-11-29)27(31)36-20(5)26(30)28-22-6-7-23-24(15-22)35-13-12-34-23/h6-7,14-15,20-21H,8-13H2,1-5H3,(H,28,30)/t20-/m0/s1. The van der Waals surface area contributed by atoms with E-state index in [9.17, 15) is 18.0 Å². The Hall–Kier alpha value is -3.11. The molecule has 0 aromatic heterocycles. The van der Waals surface area contributed by atoms with Gasteiger partial charge < -0.3 is 19.5 Å². The Labute approximate surface area is 218 Å². The van der Waals surface area contributed by atoms with Gasteiger partial charge in [0.15, 0.2) is 17.6 Å². The van der Waals surface area contributed by atoms with Crippen molar-refractivity contribution < 1.29 is 32.2 Å². The summed E-state index contributed by atoms with van der Waals surface area (Å²) in [6, 6.07) is 7.06. The largest absolute Gasteiger partial charge is 0.486 e. The topological polar surface area (TPSA) is 111 Å². The molecule has 1 amide bonds. The van der Waals surface area contributed by atoms with Gasteiger partial charge >= 0.3 is 5.97 Å². The van der Waals surface area contributed by atoms with Gasteiger partial charge in [-0.05, 0) is 81.8 Å². The van der Waals surface area contributed by atoms with Crippen molar-refractivity contribution in [3.63, 3.8) is 0 Å². The first-order valence-corrected chi connectivity index (χ1v) is 13.9. The number of esters is 1. The molecule has 1 saturated heterocycles. The van der Waals surface area contributed by atoms with Gasteiger partial charge in [0, 0.05) is 24.8 Å². The molecule has 2 aliphatic rings. The molecule has 0 unspecified atom stereocenters. The molecule has 2 aromatic rings. The number of nitrogens with one attached hydrogen (secondary N) is 1. The molecule has 4 rings (SSSR count). The second kappa shape index (κ2) is 10.7. The van der Waals surface area contributed by atoms with Crippen LogP contribution in [0.1, 0.15) is 42.0 Å². The van der Waals surface area contributed by atoms with Gasteiger partial charge in [0.1, 0.15) is 13.2 Å².